The van der Waals surface area contributed by atoms with Gasteiger partial charge in [0.15, 0.2) is 22.7 Å². The molecule has 1 saturated heterocycles. The lowest BCUT2D eigenvalue weighted by Crippen LogP contribution is -3.10. The lowest BCUT2D eigenvalue weighted by atomic mass is 10.2. The minimum Gasteiger partial charge on any atom is -0.493 e. The second-order valence-corrected chi connectivity index (χ2v) is 6.66. The summed E-state index contributed by atoms with van der Waals surface area (Å²) in [4.78, 5) is 18.7. The Morgan fingerprint density at radius 1 is 1.15 bits per heavy atom. The van der Waals surface area contributed by atoms with Crippen LogP contribution in [0.5, 0.6) is 11.5 Å². The normalized spacial score (nSPS) is 14.7. The minimum atomic E-state index is -0.162. The number of fused-ring (bicyclic) bond motifs is 1. The van der Waals surface area contributed by atoms with Gasteiger partial charge in [-0.25, -0.2) is 4.98 Å². The van der Waals surface area contributed by atoms with E-state index in [4.69, 9.17) is 9.47 Å². The highest BCUT2D eigenvalue weighted by molar-refractivity contribution is 5.70. The van der Waals surface area contributed by atoms with Gasteiger partial charge in [-0.15, -0.1) is 5.10 Å². The Morgan fingerprint density at radius 2 is 1.93 bits per heavy atom. The predicted molar refractivity (Wildman–Crippen MR) is 98.8 cm³/mol. The fourth-order valence-corrected chi connectivity index (χ4v) is 3.54. The van der Waals surface area contributed by atoms with Gasteiger partial charge >= 0.3 is 0 Å². The Balaban J connectivity index is 1.66. The maximum atomic E-state index is 12.8. The largest absolute Gasteiger partial charge is 0.493 e. The van der Waals surface area contributed by atoms with Crippen LogP contribution in [0.4, 0.5) is 0 Å². The van der Waals surface area contributed by atoms with Crippen LogP contribution in [0, 0.1) is 0 Å². The average molecular weight is 371 g/mol. The summed E-state index contributed by atoms with van der Waals surface area (Å²) in [6.07, 6.45) is 4.11. The summed E-state index contributed by atoms with van der Waals surface area (Å²) < 4.78 is 13.8. The summed E-state index contributed by atoms with van der Waals surface area (Å²) in [5.41, 5.74) is 1.23. The number of hydrogen-bond donors (Lipinski definition) is 1. The van der Waals surface area contributed by atoms with Crippen molar-refractivity contribution in [1.82, 2.24) is 24.5 Å². The average Bonchev–Trinajstić information content (AvgIpc) is 3.37. The maximum Gasteiger partial charge on any atom is 0.283 e. The van der Waals surface area contributed by atoms with E-state index >= 15 is 0 Å². The third kappa shape index (κ3) is 3.25. The van der Waals surface area contributed by atoms with Crippen molar-refractivity contribution in [3.05, 3.63) is 34.9 Å². The molecule has 1 aliphatic rings. The van der Waals surface area contributed by atoms with Gasteiger partial charge < -0.3 is 14.4 Å². The van der Waals surface area contributed by atoms with E-state index in [0.29, 0.717) is 29.4 Å². The first-order valence-electron chi connectivity index (χ1n) is 9.08. The summed E-state index contributed by atoms with van der Waals surface area (Å²) in [5.74, 6) is 1.19. The topological polar surface area (TPSA) is 88.5 Å². The van der Waals surface area contributed by atoms with Crippen LogP contribution in [0.2, 0.25) is 0 Å². The molecule has 27 heavy (non-hydrogen) atoms. The van der Waals surface area contributed by atoms with Gasteiger partial charge in [0.25, 0.3) is 5.56 Å². The third-order valence-corrected chi connectivity index (χ3v) is 5.06. The number of quaternary nitrogens is 1. The van der Waals surface area contributed by atoms with Gasteiger partial charge in [-0.1, -0.05) is 5.21 Å². The van der Waals surface area contributed by atoms with E-state index in [0.717, 1.165) is 6.54 Å². The number of benzene rings is 1. The zero-order chi connectivity index (χ0) is 18.8. The van der Waals surface area contributed by atoms with Crippen molar-refractivity contribution in [1.29, 1.82) is 0 Å². The molecule has 9 nitrogen and oxygen atoms in total. The number of nitrogens with zero attached hydrogens (tertiary/aromatic N) is 5. The van der Waals surface area contributed by atoms with E-state index in [1.165, 1.54) is 35.5 Å². The van der Waals surface area contributed by atoms with Crippen molar-refractivity contribution < 1.29 is 14.4 Å². The SMILES string of the molecule is COc1ccc(-n2nnc3c(=O)n(CC[NH+]4CCCC4)cnc32)cc1OC. The maximum absolute atomic E-state index is 12.8. The van der Waals surface area contributed by atoms with Crippen molar-refractivity contribution in [2.45, 2.75) is 19.4 Å². The molecule has 4 rings (SSSR count). The smallest absolute Gasteiger partial charge is 0.283 e. The summed E-state index contributed by atoms with van der Waals surface area (Å²) in [6, 6.07) is 5.37. The predicted octanol–water partition coefficient (Wildman–Crippen LogP) is -0.327. The number of nitrogens with one attached hydrogen (secondary N) is 1. The summed E-state index contributed by atoms with van der Waals surface area (Å²) in [6.45, 7) is 3.93. The molecule has 3 aromatic rings. The number of ether oxygens (including phenoxy) is 2. The molecule has 1 aromatic carbocycles. The fraction of sp³-hybridized carbons (Fsp3) is 0.444. The van der Waals surface area contributed by atoms with Crippen molar-refractivity contribution in [2.75, 3.05) is 33.9 Å². The molecule has 0 unspecified atom stereocenters. The first-order valence-corrected chi connectivity index (χ1v) is 9.08. The van der Waals surface area contributed by atoms with Gasteiger partial charge in [0.1, 0.15) is 6.33 Å². The summed E-state index contributed by atoms with van der Waals surface area (Å²) in [5, 5.41) is 8.20. The van der Waals surface area contributed by atoms with Crippen LogP contribution in [0.3, 0.4) is 0 Å². The van der Waals surface area contributed by atoms with Crippen LogP contribution < -0.4 is 19.9 Å². The molecule has 1 aliphatic heterocycles. The van der Waals surface area contributed by atoms with Crippen LogP contribution in [0.25, 0.3) is 16.9 Å². The van der Waals surface area contributed by atoms with Crippen molar-refractivity contribution in [2.24, 2.45) is 0 Å². The standard InChI is InChI=1S/C18H22N6O3/c1-26-14-6-5-13(11-15(14)27-2)24-17-16(20-21-24)18(25)23(12-19-17)10-9-22-7-3-4-8-22/h5-6,11-12H,3-4,7-10H2,1-2H3/p+1. The van der Waals surface area contributed by atoms with Crippen LogP contribution in [-0.2, 0) is 6.54 Å². The molecule has 0 radical (unpaired) electrons. The van der Waals surface area contributed by atoms with Gasteiger partial charge in [0.05, 0.1) is 46.1 Å². The lowest BCUT2D eigenvalue weighted by Gasteiger charge is -2.12. The van der Waals surface area contributed by atoms with E-state index in [9.17, 15) is 4.79 Å². The highest BCUT2D eigenvalue weighted by Crippen LogP contribution is 2.29. The van der Waals surface area contributed by atoms with Crippen LogP contribution in [-0.4, -0.2) is 58.4 Å². The number of rotatable bonds is 6. The van der Waals surface area contributed by atoms with Crippen LogP contribution in [0.15, 0.2) is 29.3 Å². The molecule has 0 aliphatic carbocycles. The molecule has 1 N–H and O–H groups in total. The molecule has 3 heterocycles. The Kier molecular flexibility index (Phi) is 4.76. The van der Waals surface area contributed by atoms with Crippen molar-refractivity contribution in [3.63, 3.8) is 0 Å². The molecule has 9 heteroatoms. The van der Waals surface area contributed by atoms with Gasteiger partial charge in [0, 0.05) is 18.9 Å². The number of likely N-dealkylation sites (tertiary alicyclic amines) is 1. The zero-order valence-electron chi connectivity index (χ0n) is 15.5. The summed E-state index contributed by atoms with van der Waals surface area (Å²) in [7, 11) is 3.15. The second kappa shape index (κ2) is 7.36. The molecule has 0 spiro atoms. The second-order valence-electron chi connectivity index (χ2n) is 6.66. The number of methoxy groups -OCH3 is 2. The summed E-state index contributed by atoms with van der Waals surface area (Å²) >= 11 is 0. The van der Waals surface area contributed by atoms with E-state index in [2.05, 4.69) is 15.3 Å². The monoisotopic (exact) mass is 371 g/mol. The van der Waals surface area contributed by atoms with Crippen LogP contribution in [0.1, 0.15) is 12.8 Å². The van der Waals surface area contributed by atoms with Crippen LogP contribution >= 0.6 is 0 Å². The van der Waals surface area contributed by atoms with E-state index in [1.54, 1.807) is 37.2 Å². The molecule has 0 saturated carbocycles. The molecule has 0 atom stereocenters. The minimum absolute atomic E-state index is 0.162. The highest BCUT2D eigenvalue weighted by atomic mass is 16.5. The van der Waals surface area contributed by atoms with Crippen molar-refractivity contribution >= 4 is 11.2 Å². The van der Waals surface area contributed by atoms with Gasteiger partial charge in [-0.3, -0.25) is 9.36 Å². The van der Waals surface area contributed by atoms with Gasteiger partial charge in [0.2, 0.25) is 0 Å². The fourth-order valence-electron chi connectivity index (χ4n) is 3.54. The quantitative estimate of drug-likeness (QED) is 0.639. The number of hydrogen-bond acceptors (Lipinski definition) is 6. The molecule has 0 amide bonds. The highest BCUT2D eigenvalue weighted by Gasteiger charge is 2.18. The first-order chi connectivity index (χ1) is 13.2. The molecule has 1 fully saturated rings. The Bertz CT molecular complexity index is 1010. The van der Waals surface area contributed by atoms with Gasteiger partial charge in [-0.05, 0) is 12.1 Å². The molecule has 2 aromatic heterocycles. The molecule has 0 bridgehead atoms. The Labute approximate surface area is 156 Å². The van der Waals surface area contributed by atoms with Gasteiger partial charge in [-0.2, -0.15) is 4.68 Å². The van der Waals surface area contributed by atoms with Crippen molar-refractivity contribution in [3.8, 4) is 17.2 Å². The Hall–Kier alpha value is -2.94. The van der Waals surface area contributed by atoms with E-state index in [-0.39, 0.29) is 11.1 Å². The first kappa shape index (κ1) is 17.5. The van der Waals surface area contributed by atoms with E-state index < -0.39 is 0 Å². The lowest BCUT2D eigenvalue weighted by molar-refractivity contribution is -0.888. The molecule has 142 valence electrons. The Morgan fingerprint density at radius 3 is 2.67 bits per heavy atom. The third-order valence-electron chi connectivity index (χ3n) is 5.06. The number of aromatic nitrogens is 5. The molecular formula is C18H23N6O3+. The molecular weight excluding hydrogens is 348 g/mol. The van der Waals surface area contributed by atoms with E-state index in [1.807, 2.05) is 6.07 Å². The zero-order valence-corrected chi connectivity index (χ0v) is 15.5.